The van der Waals surface area contributed by atoms with Gasteiger partial charge in [0.25, 0.3) is 0 Å². The zero-order chi connectivity index (χ0) is 19.9. The molecule has 1 unspecified atom stereocenters. The standard InChI is InChI=1S/C19H27N5O4/c1-2-28-19(27)23-11-9-22(10-12-23)17(25)13-16-18(26)21-7-8-24(16)14-15-5-3-4-6-20-15/h3-6,16H,2,7-14H2,1H3,(H,21,26). The third-order valence-electron chi connectivity index (χ3n) is 5.06. The second-order valence-electron chi connectivity index (χ2n) is 6.87. The summed E-state index contributed by atoms with van der Waals surface area (Å²) in [5.41, 5.74) is 0.873. The second-order valence-corrected chi connectivity index (χ2v) is 6.87. The number of aromatic nitrogens is 1. The van der Waals surface area contributed by atoms with Crippen LogP contribution in [0.15, 0.2) is 24.4 Å². The highest BCUT2D eigenvalue weighted by Gasteiger charge is 2.34. The minimum Gasteiger partial charge on any atom is -0.450 e. The van der Waals surface area contributed by atoms with E-state index < -0.39 is 6.04 Å². The van der Waals surface area contributed by atoms with Gasteiger partial charge in [0.1, 0.15) is 0 Å². The zero-order valence-electron chi connectivity index (χ0n) is 16.2. The van der Waals surface area contributed by atoms with Gasteiger partial charge in [-0.1, -0.05) is 6.07 Å². The molecule has 2 aliphatic rings. The summed E-state index contributed by atoms with van der Waals surface area (Å²) in [7, 11) is 0. The summed E-state index contributed by atoms with van der Waals surface area (Å²) >= 11 is 0. The number of hydrogen-bond donors (Lipinski definition) is 1. The number of nitrogens with zero attached hydrogens (tertiary/aromatic N) is 4. The molecule has 3 heterocycles. The van der Waals surface area contributed by atoms with Crippen LogP contribution in [0.5, 0.6) is 0 Å². The Morgan fingerprint density at radius 3 is 2.61 bits per heavy atom. The van der Waals surface area contributed by atoms with Crippen molar-refractivity contribution >= 4 is 17.9 Å². The molecule has 0 aromatic carbocycles. The van der Waals surface area contributed by atoms with Crippen LogP contribution in [0.2, 0.25) is 0 Å². The maximum absolute atomic E-state index is 12.8. The van der Waals surface area contributed by atoms with E-state index in [-0.39, 0.29) is 24.3 Å². The predicted molar refractivity (Wildman–Crippen MR) is 101 cm³/mol. The molecule has 2 fully saturated rings. The van der Waals surface area contributed by atoms with Crippen molar-refractivity contribution in [2.75, 3.05) is 45.9 Å². The van der Waals surface area contributed by atoms with E-state index in [2.05, 4.69) is 10.3 Å². The Hall–Kier alpha value is -2.68. The van der Waals surface area contributed by atoms with Crippen LogP contribution in [0.4, 0.5) is 4.79 Å². The average molecular weight is 389 g/mol. The van der Waals surface area contributed by atoms with Crippen LogP contribution in [0, 0.1) is 0 Å². The van der Waals surface area contributed by atoms with Crippen LogP contribution >= 0.6 is 0 Å². The number of ether oxygens (including phenoxy) is 1. The highest BCUT2D eigenvalue weighted by Crippen LogP contribution is 2.15. The zero-order valence-corrected chi connectivity index (χ0v) is 16.2. The highest BCUT2D eigenvalue weighted by molar-refractivity contribution is 5.89. The first kappa shape index (κ1) is 20.1. The van der Waals surface area contributed by atoms with Gasteiger partial charge in [-0.05, 0) is 19.1 Å². The number of amides is 3. The first-order valence-electron chi connectivity index (χ1n) is 9.69. The summed E-state index contributed by atoms with van der Waals surface area (Å²) in [6.45, 7) is 5.66. The molecule has 2 saturated heterocycles. The molecule has 1 aromatic heterocycles. The van der Waals surface area contributed by atoms with Gasteiger partial charge < -0.3 is 19.9 Å². The van der Waals surface area contributed by atoms with Crippen LogP contribution in [-0.2, 0) is 20.9 Å². The third-order valence-corrected chi connectivity index (χ3v) is 5.06. The maximum Gasteiger partial charge on any atom is 0.409 e. The molecular weight excluding hydrogens is 362 g/mol. The summed E-state index contributed by atoms with van der Waals surface area (Å²) in [6.07, 6.45) is 1.50. The van der Waals surface area contributed by atoms with E-state index in [1.807, 2.05) is 23.1 Å². The molecule has 1 N–H and O–H groups in total. The minimum atomic E-state index is -0.508. The Balaban J connectivity index is 1.56. The topological polar surface area (TPSA) is 95.1 Å². The Morgan fingerprint density at radius 2 is 1.93 bits per heavy atom. The normalized spacial score (nSPS) is 20.6. The summed E-state index contributed by atoms with van der Waals surface area (Å²) in [6, 6.07) is 5.17. The van der Waals surface area contributed by atoms with Crippen molar-refractivity contribution in [2.24, 2.45) is 0 Å². The molecule has 3 amide bonds. The molecule has 0 bridgehead atoms. The molecular formula is C19H27N5O4. The number of hydrogen-bond acceptors (Lipinski definition) is 6. The molecule has 3 rings (SSSR count). The lowest BCUT2D eigenvalue weighted by Crippen LogP contribution is -2.57. The average Bonchev–Trinajstić information content (AvgIpc) is 2.71. The van der Waals surface area contributed by atoms with E-state index in [0.29, 0.717) is 52.4 Å². The number of nitrogens with one attached hydrogen (secondary N) is 1. The number of piperazine rings is 2. The SMILES string of the molecule is CCOC(=O)N1CCN(C(=O)CC2C(=O)NCCN2Cc2ccccn2)CC1. The van der Waals surface area contributed by atoms with E-state index in [1.165, 1.54) is 0 Å². The molecule has 9 nitrogen and oxygen atoms in total. The summed E-state index contributed by atoms with van der Waals surface area (Å²) in [4.78, 5) is 46.6. The van der Waals surface area contributed by atoms with Crippen molar-refractivity contribution in [2.45, 2.75) is 25.9 Å². The number of carbonyl (C=O) groups is 3. The molecule has 1 atom stereocenters. The van der Waals surface area contributed by atoms with Crippen molar-refractivity contribution in [1.82, 2.24) is 25.0 Å². The fraction of sp³-hybridized carbons (Fsp3) is 0.579. The summed E-state index contributed by atoms with van der Waals surface area (Å²) in [5.74, 6) is -0.197. The van der Waals surface area contributed by atoms with Crippen LogP contribution in [0.1, 0.15) is 19.0 Å². The molecule has 0 aliphatic carbocycles. The van der Waals surface area contributed by atoms with Gasteiger partial charge in [0.05, 0.1) is 24.8 Å². The van der Waals surface area contributed by atoms with Crippen LogP contribution in [-0.4, -0.2) is 89.5 Å². The fourth-order valence-corrected chi connectivity index (χ4v) is 3.52. The van der Waals surface area contributed by atoms with Gasteiger partial charge in [-0.3, -0.25) is 19.5 Å². The first-order chi connectivity index (χ1) is 13.6. The molecule has 1 aromatic rings. The molecule has 9 heteroatoms. The van der Waals surface area contributed by atoms with Gasteiger partial charge in [-0.25, -0.2) is 4.79 Å². The van der Waals surface area contributed by atoms with Gasteiger partial charge in [-0.2, -0.15) is 0 Å². The van der Waals surface area contributed by atoms with Crippen molar-refractivity contribution in [3.05, 3.63) is 30.1 Å². The molecule has 0 saturated carbocycles. The largest absolute Gasteiger partial charge is 0.450 e. The Labute approximate surface area is 164 Å². The van der Waals surface area contributed by atoms with Crippen molar-refractivity contribution in [3.8, 4) is 0 Å². The lowest BCUT2D eigenvalue weighted by atomic mass is 10.1. The fourth-order valence-electron chi connectivity index (χ4n) is 3.52. The number of rotatable bonds is 5. The number of pyridine rings is 1. The van der Waals surface area contributed by atoms with E-state index in [1.54, 1.807) is 22.9 Å². The van der Waals surface area contributed by atoms with Crippen LogP contribution < -0.4 is 5.32 Å². The van der Waals surface area contributed by atoms with Crippen LogP contribution in [0.25, 0.3) is 0 Å². The second kappa shape index (κ2) is 9.50. The lowest BCUT2D eigenvalue weighted by molar-refractivity contribution is -0.140. The van der Waals surface area contributed by atoms with Crippen molar-refractivity contribution in [3.63, 3.8) is 0 Å². The van der Waals surface area contributed by atoms with E-state index in [9.17, 15) is 14.4 Å². The molecule has 0 spiro atoms. The molecule has 28 heavy (non-hydrogen) atoms. The highest BCUT2D eigenvalue weighted by atomic mass is 16.6. The van der Waals surface area contributed by atoms with Crippen molar-refractivity contribution < 1.29 is 19.1 Å². The minimum absolute atomic E-state index is 0.0726. The first-order valence-corrected chi connectivity index (χ1v) is 9.69. The third kappa shape index (κ3) is 4.98. The van der Waals surface area contributed by atoms with Gasteiger partial charge in [0.2, 0.25) is 11.8 Å². The van der Waals surface area contributed by atoms with Gasteiger partial charge in [0.15, 0.2) is 0 Å². The molecule has 2 aliphatic heterocycles. The van der Waals surface area contributed by atoms with Gasteiger partial charge in [0, 0.05) is 52.0 Å². The maximum atomic E-state index is 12.8. The number of carbonyl (C=O) groups excluding carboxylic acids is 3. The Bertz CT molecular complexity index is 691. The van der Waals surface area contributed by atoms with Gasteiger partial charge in [-0.15, -0.1) is 0 Å². The lowest BCUT2D eigenvalue weighted by Gasteiger charge is -2.37. The quantitative estimate of drug-likeness (QED) is 0.766. The Morgan fingerprint density at radius 1 is 1.18 bits per heavy atom. The summed E-state index contributed by atoms with van der Waals surface area (Å²) < 4.78 is 5.00. The van der Waals surface area contributed by atoms with E-state index in [4.69, 9.17) is 4.74 Å². The predicted octanol–water partition coefficient (Wildman–Crippen LogP) is 0.0728. The van der Waals surface area contributed by atoms with Crippen molar-refractivity contribution in [1.29, 1.82) is 0 Å². The van der Waals surface area contributed by atoms with E-state index in [0.717, 1.165) is 5.69 Å². The molecule has 0 radical (unpaired) electrons. The van der Waals surface area contributed by atoms with Crippen LogP contribution in [0.3, 0.4) is 0 Å². The monoisotopic (exact) mass is 389 g/mol. The smallest absolute Gasteiger partial charge is 0.409 e. The Kier molecular flexibility index (Phi) is 6.80. The summed E-state index contributed by atoms with van der Waals surface area (Å²) in [5, 5.41) is 2.85. The molecule has 152 valence electrons. The van der Waals surface area contributed by atoms with Gasteiger partial charge >= 0.3 is 6.09 Å². The van der Waals surface area contributed by atoms with E-state index >= 15 is 0 Å².